The maximum Gasteiger partial charge on any atom is 0.221 e. The van der Waals surface area contributed by atoms with Gasteiger partial charge in [-0.2, -0.15) is 0 Å². The fourth-order valence-corrected chi connectivity index (χ4v) is 2.28. The molecule has 1 rings (SSSR count). The van der Waals surface area contributed by atoms with E-state index in [2.05, 4.69) is 16.5 Å². The molecule has 1 unspecified atom stereocenters. The predicted molar refractivity (Wildman–Crippen MR) is 61.9 cm³/mol. The Morgan fingerprint density at radius 3 is 2.60 bits per heavy atom. The van der Waals surface area contributed by atoms with Crippen LogP contribution in [0.25, 0.3) is 0 Å². The largest absolute Gasteiger partial charge is 0.325 e. The highest BCUT2D eigenvalue weighted by atomic mass is 32.8. The Labute approximate surface area is 93.2 Å². The number of amides is 1. The second kappa shape index (κ2) is 4.26. The Kier molecular flexibility index (Phi) is 3.43. The Balaban J connectivity index is 3.33. The Morgan fingerprint density at radius 2 is 2.13 bits per heavy atom. The van der Waals surface area contributed by atoms with Gasteiger partial charge in [-0.15, -0.1) is 0 Å². The standard InChI is InChI=1S/C9H11NO3S2/c1-6-3-4-8(10-7(2)11)9(5-6)15(12,13)14/h3-5H,1-2H3,(H,10,11)(H,12,13,14). The van der Waals surface area contributed by atoms with Gasteiger partial charge < -0.3 is 9.87 Å². The fraction of sp³-hybridized carbons (Fsp3) is 0.222. The monoisotopic (exact) mass is 245 g/mol. The highest BCUT2D eigenvalue weighted by molar-refractivity contribution is 8.29. The highest BCUT2D eigenvalue weighted by Gasteiger charge is 2.12. The van der Waals surface area contributed by atoms with Gasteiger partial charge in [0.2, 0.25) is 5.91 Å². The number of rotatable bonds is 2. The molecule has 0 aliphatic rings. The van der Waals surface area contributed by atoms with Gasteiger partial charge in [0.1, 0.15) is 0 Å². The van der Waals surface area contributed by atoms with Gasteiger partial charge in [-0.25, -0.2) is 4.21 Å². The molecule has 0 bridgehead atoms. The molecule has 0 spiro atoms. The minimum absolute atomic E-state index is 0.0766. The third-order valence-corrected chi connectivity index (χ3v) is 3.16. The topological polar surface area (TPSA) is 66.4 Å². The summed E-state index contributed by atoms with van der Waals surface area (Å²) in [6.07, 6.45) is 0. The molecule has 0 heterocycles. The van der Waals surface area contributed by atoms with E-state index in [0.717, 1.165) is 5.56 Å². The molecule has 1 atom stereocenters. The van der Waals surface area contributed by atoms with Crippen molar-refractivity contribution in [1.29, 1.82) is 0 Å². The van der Waals surface area contributed by atoms with E-state index in [1.807, 2.05) is 0 Å². The van der Waals surface area contributed by atoms with Gasteiger partial charge in [-0.05, 0) is 24.6 Å². The van der Waals surface area contributed by atoms with Crippen LogP contribution in [0.1, 0.15) is 12.5 Å². The van der Waals surface area contributed by atoms with E-state index in [9.17, 15) is 13.6 Å². The Morgan fingerprint density at radius 1 is 1.53 bits per heavy atom. The van der Waals surface area contributed by atoms with Gasteiger partial charge in [-0.1, -0.05) is 6.07 Å². The van der Waals surface area contributed by atoms with E-state index in [0.29, 0.717) is 0 Å². The first kappa shape index (κ1) is 12.1. The predicted octanol–water partition coefficient (Wildman–Crippen LogP) is 1.53. The maximum absolute atomic E-state index is 11.4. The van der Waals surface area contributed by atoms with Crippen molar-refractivity contribution in [1.82, 2.24) is 0 Å². The summed E-state index contributed by atoms with van der Waals surface area (Å²) in [4.78, 5) is 10.9. The van der Waals surface area contributed by atoms with Crippen LogP contribution in [0.15, 0.2) is 23.1 Å². The first-order valence-corrected chi connectivity index (χ1v) is 6.60. The Bertz CT molecular complexity index is 494. The highest BCUT2D eigenvalue weighted by Crippen LogP contribution is 2.22. The molecule has 1 aromatic rings. The van der Waals surface area contributed by atoms with E-state index in [1.54, 1.807) is 19.1 Å². The lowest BCUT2D eigenvalue weighted by molar-refractivity contribution is -0.114. The van der Waals surface area contributed by atoms with Crippen molar-refractivity contribution < 1.29 is 13.6 Å². The summed E-state index contributed by atoms with van der Waals surface area (Å²) in [6, 6.07) is 4.80. The molecule has 1 amide bonds. The van der Waals surface area contributed by atoms with Gasteiger partial charge in [-0.3, -0.25) is 4.79 Å². The zero-order chi connectivity index (χ0) is 11.6. The second-order valence-electron chi connectivity index (χ2n) is 3.16. The number of benzene rings is 1. The average molecular weight is 245 g/mol. The SMILES string of the molecule is CC(=O)Nc1ccc(C)cc1S(=O)(O)=S. The average Bonchev–Trinajstić information content (AvgIpc) is 2.05. The molecule has 0 fully saturated rings. The van der Waals surface area contributed by atoms with Crippen LogP contribution >= 0.6 is 0 Å². The number of nitrogens with one attached hydrogen (secondary N) is 1. The number of carbonyl (C=O) groups excluding carboxylic acids is 1. The number of hydrogen-bond acceptors (Lipinski definition) is 3. The lowest BCUT2D eigenvalue weighted by atomic mass is 10.2. The van der Waals surface area contributed by atoms with Crippen LogP contribution in [0, 0.1) is 6.92 Å². The summed E-state index contributed by atoms with van der Waals surface area (Å²) < 4.78 is 20.7. The fourth-order valence-electron chi connectivity index (χ4n) is 1.14. The summed E-state index contributed by atoms with van der Waals surface area (Å²) in [5.74, 6) is -0.307. The quantitative estimate of drug-likeness (QED) is 0.829. The van der Waals surface area contributed by atoms with Crippen molar-refractivity contribution in [2.24, 2.45) is 0 Å². The molecule has 6 heteroatoms. The summed E-state index contributed by atoms with van der Waals surface area (Å²) in [7, 11) is -3.48. The van der Waals surface area contributed by atoms with Crippen molar-refractivity contribution in [3.63, 3.8) is 0 Å². The molecule has 0 aromatic heterocycles. The molecule has 2 N–H and O–H groups in total. The van der Waals surface area contributed by atoms with Crippen LogP contribution in [-0.2, 0) is 24.8 Å². The molecular formula is C9H11NO3S2. The first-order valence-electron chi connectivity index (χ1n) is 4.16. The van der Waals surface area contributed by atoms with E-state index < -0.39 is 8.77 Å². The molecular weight excluding hydrogens is 234 g/mol. The van der Waals surface area contributed by atoms with Gasteiger partial charge in [0.15, 0.2) is 8.77 Å². The van der Waals surface area contributed by atoms with Crippen molar-refractivity contribution in [2.45, 2.75) is 18.7 Å². The van der Waals surface area contributed by atoms with Crippen LogP contribution < -0.4 is 5.32 Å². The summed E-state index contributed by atoms with van der Waals surface area (Å²) in [5.41, 5.74) is 1.10. The summed E-state index contributed by atoms with van der Waals surface area (Å²) >= 11 is 4.48. The van der Waals surface area contributed by atoms with E-state index >= 15 is 0 Å². The summed E-state index contributed by atoms with van der Waals surface area (Å²) in [5, 5.41) is 2.46. The number of aryl methyl sites for hydroxylation is 1. The third kappa shape index (κ3) is 3.26. The van der Waals surface area contributed by atoms with Crippen LogP contribution in [-0.4, -0.2) is 14.7 Å². The van der Waals surface area contributed by atoms with E-state index in [4.69, 9.17) is 0 Å². The normalized spacial score (nSPS) is 14.3. The first-order chi connectivity index (χ1) is 6.80. The lowest BCUT2D eigenvalue weighted by Crippen LogP contribution is -2.10. The van der Waals surface area contributed by atoms with Crippen molar-refractivity contribution >= 4 is 31.6 Å². The number of carbonyl (C=O) groups is 1. The molecule has 1 aromatic carbocycles. The van der Waals surface area contributed by atoms with Crippen molar-refractivity contribution in [3.8, 4) is 0 Å². The van der Waals surface area contributed by atoms with Gasteiger partial charge in [0.25, 0.3) is 0 Å². The zero-order valence-electron chi connectivity index (χ0n) is 8.31. The molecule has 0 saturated carbocycles. The molecule has 0 radical (unpaired) electrons. The minimum atomic E-state index is -3.48. The molecule has 15 heavy (non-hydrogen) atoms. The number of anilines is 1. The van der Waals surface area contributed by atoms with Crippen molar-refractivity contribution in [3.05, 3.63) is 23.8 Å². The zero-order valence-corrected chi connectivity index (χ0v) is 9.95. The van der Waals surface area contributed by atoms with E-state index in [1.165, 1.54) is 13.0 Å². The molecule has 82 valence electrons. The summed E-state index contributed by atoms with van der Waals surface area (Å²) in [6.45, 7) is 3.10. The van der Waals surface area contributed by atoms with Gasteiger partial charge in [0, 0.05) is 18.1 Å². The molecule has 4 nitrogen and oxygen atoms in total. The van der Waals surface area contributed by atoms with Crippen LogP contribution in [0.2, 0.25) is 0 Å². The maximum atomic E-state index is 11.4. The van der Waals surface area contributed by atoms with Crippen LogP contribution in [0.5, 0.6) is 0 Å². The smallest absolute Gasteiger partial charge is 0.221 e. The molecule has 0 aliphatic heterocycles. The molecule has 0 aliphatic carbocycles. The third-order valence-electron chi connectivity index (χ3n) is 1.73. The minimum Gasteiger partial charge on any atom is -0.325 e. The van der Waals surface area contributed by atoms with Crippen molar-refractivity contribution in [2.75, 3.05) is 5.32 Å². The van der Waals surface area contributed by atoms with Gasteiger partial charge in [0.05, 0.1) is 10.6 Å². The Hall–Kier alpha value is -0.980. The molecule has 0 saturated heterocycles. The van der Waals surface area contributed by atoms with Crippen LogP contribution in [0.4, 0.5) is 5.69 Å². The van der Waals surface area contributed by atoms with E-state index in [-0.39, 0.29) is 16.5 Å². The lowest BCUT2D eigenvalue weighted by Gasteiger charge is -2.09. The second-order valence-corrected chi connectivity index (χ2v) is 5.90. The van der Waals surface area contributed by atoms with Gasteiger partial charge >= 0.3 is 0 Å². The van der Waals surface area contributed by atoms with Crippen LogP contribution in [0.3, 0.4) is 0 Å². The number of hydrogen-bond donors (Lipinski definition) is 2.